The smallest absolute Gasteiger partial charge is 0.338 e. The van der Waals surface area contributed by atoms with Crippen molar-refractivity contribution in [2.24, 2.45) is 0 Å². The Kier molecular flexibility index (Phi) is 7.27. The molecule has 1 amide bonds. The Morgan fingerprint density at radius 2 is 2.07 bits per heavy atom. The summed E-state index contributed by atoms with van der Waals surface area (Å²) in [6.45, 7) is 4.81. The molecule has 2 aromatic rings. The first kappa shape index (κ1) is 21.5. The second-order valence-corrected chi connectivity index (χ2v) is 7.05. The van der Waals surface area contributed by atoms with Gasteiger partial charge in [-0.2, -0.15) is 16.7 Å². The molecule has 2 N–H and O–H groups in total. The second-order valence-electron chi connectivity index (χ2n) is 6.02. The molecule has 28 heavy (non-hydrogen) atoms. The maximum atomic E-state index is 12.3. The number of hydrogen-bond donors (Lipinski definition) is 2. The molecule has 10 heteroatoms. The molecule has 0 saturated carbocycles. The van der Waals surface area contributed by atoms with Gasteiger partial charge in [-0.05, 0) is 13.8 Å². The van der Waals surface area contributed by atoms with E-state index in [0.717, 1.165) is 0 Å². The topological polar surface area (TPSA) is 124 Å². The number of phenols is 1. The van der Waals surface area contributed by atoms with Crippen LogP contribution in [0.1, 0.15) is 46.2 Å². The van der Waals surface area contributed by atoms with Crippen LogP contribution in [-0.4, -0.2) is 47.1 Å². The van der Waals surface area contributed by atoms with Crippen molar-refractivity contribution >= 4 is 23.6 Å². The Hall–Kier alpha value is -2.75. The fourth-order valence-electron chi connectivity index (χ4n) is 2.69. The normalized spacial score (nSPS) is 11.8. The molecule has 0 spiro atoms. The molecule has 1 heterocycles. The van der Waals surface area contributed by atoms with Gasteiger partial charge in [0.25, 0.3) is 0 Å². The number of hydrogen-bond acceptors (Lipinski definition) is 9. The van der Waals surface area contributed by atoms with Gasteiger partial charge >= 0.3 is 5.97 Å². The number of benzene rings is 1. The minimum Gasteiger partial charge on any atom is -0.507 e. The Labute approximate surface area is 166 Å². The van der Waals surface area contributed by atoms with Crippen LogP contribution in [0.3, 0.4) is 0 Å². The number of aromatic nitrogens is 2. The average molecular weight is 409 g/mol. The minimum absolute atomic E-state index is 0.0694. The largest absolute Gasteiger partial charge is 0.507 e. The molecule has 0 aliphatic carbocycles. The van der Waals surface area contributed by atoms with E-state index in [2.05, 4.69) is 15.5 Å². The van der Waals surface area contributed by atoms with E-state index in [-0.39, 0.29) is 17.2 Å². The molecule has 1 atom stereocenters. The molecule has 2 rings (SSSR count). The van der Waals surface area contributed by atoms with Crippen LogP contribution in [0.2, 0.25) is 0 Å². The number of carbonyl (C=O) groups is 2. The lowest BCUT2D eigenvalue weighted by Gasteiger charge is -2.17. The first-order chi connectivity index (χ1) is 13.3. The maximum absolute atomic E-state index is 12.3. The highest BCUT2D eigenvalue weighted by Crippen LogP contribution is 2.36. The zero-order chi connectivity index (χ0) is 20.8. The van der Waals surface area contributed by atoms with Crippen LogP contribution >= 0.6 is 11.8 Å². The molecule has 1 aromatic heterocycles. The van der Waals surface area contributed by atoms with Crippen molar-refractivity contribution in [2.45, 2.75) is 32.6 Å². The van der Waals surface area contributed by atoms with Gasteiger partial charge in [0.05, 0.1) is 19.8 Å². The van der Waals surface area contributed by atoms with Gasteiger partial charge in [0.2, 0.25) is 11.8 Å². The third-order valence-electron chi connectivity index (χ3n) is 3.98. The van der Waals surface area contributed by atoms with Crippen molar-refractivity contribution in [1.29, 1.82) is 0 Å². The highest BCUT2D eigenvalue weighted by molar-refractivity contribution is 7.98. The van der Waals surface area contributed by atoms with Gasteiger partial charge in [-0.15, -0.1) is 0 Å². The van der Waals surface area contributed by atoms with Crippen LogP contribution in [0.5, 0.6) is 11.5 Å². The van der Waals surface area contributed by atoms with Crippen molar-refractivity contribution in [3.05, 3.63) is 34.5 Å². The summed E-state index contributed by atoms with van der Waals surface area (Å²) in [4.78, 5) is 27.9. The summed E-state index contributed by atoms with van der Waals surface area (Å²) in [5, 5.41) is 16.9. The standard InChI is InChI=1S/C18H23N3O6S/c1-9-15(25-4)6-14(23)12(16(9)18(24)26-5)7-28-8-13(20-11(3)22)17-19-10(2)21-27-17/h6,13,23H,7-8H2,1-5H3,(H,20,22). The molecule has 1 aromatic carbocycles. The van der Waals surface area contributed by atoms with Crippen LogP contribution in [0.4, 0.5) is 0 Å². The van der Waals surface area contributed by atoms with E-state index in [1.54, 1.807) is 13.8 Å². The molecule has 9 nitrogen and oxygen atoms in total. The number of phenolic OH excluding ortho intramolecular Hbond substituents is 1. The summed E-state index contributed by atoms with van der Waals surface area (Å²) in [5.74, 6) is 0.976. The number of ether oxygens (including phenoxy) is 2. The lowest BCUT2D eigenvalue weighted by molar-refractivity contribution is -0.119. The first-order valence-electron chi connectivity index (χ1n) is 8.41. The molecule has 0 aliphatic rings. The predicted octanol–water partition coefficient (Wildman–Crippen LogP) is 2.30. The summed E-state index contributed by atoms with van der Waals surface area (Å²) < 4.78 is 15.2. The predicted molar refractivity (Wildman–Crippen MR) is 102 cm³/mol. The second kappa shape index (κ2) is 9.45. The average Bonchev–Trinajstić information content (AvgIpc) is 3.08. The fraction of sp³-hybridized carbons (Fsp3) is 0.444. The molecule has 0 bridgehead atoms. The van der Waals surface area contributed by atoms with Crippen LogP contribution < -0.4 is 10.1 Å². The lowest BCUT2D eigenvalue weighted by atomic mass is 10.0. The summed E-state index contributed by atoms with van der Waals surface area (Å²) in [6.07, 6.45) is 0. The third kappa shape index (κ3) is 4.94. The summed E-state index contributed by atoms with van der Waals surface area (Å²) >= 11 is 1.39. The van der Waals surface area contributed by atoms with Gasteiger partial charge in [-0.1, -0.05) is 5.16 Å². The molecule has 0 saturated heterocycles. The van der Waals surface area contributed by atoms with Crippen LogP contribution in [0.25, 0.3) is 0 Å². The van der Waals surface area contributed by atoms with E-state index in [4.69, 9.17) is 14.0 Å². The third-order valence-corrected chi connectivity index (χ3v) is 5.04. The van der Waals surface area contributed by atoms with Gasteiger partial charge in [0.1, 0.15) is 17.5 Å². The molecule has 1 unspecified atom stereocenters. The molecule has 0 fully saturated rings. The number of rotatable bonds is 8. The zero-order valence-corrected chi connectivity index (χ0v) is 17.2. The Balaban J connectivity index is 2.23. The van der Waals surface area contributed by atoms with E-state index >= 15 is 0 Å². The Morgan fingerprint density at radius 3 is 2.61 bits per heavy atom. The van der Waals surface area contributed by atoms with Crippen molar-refractivity contribution in [3.8, 4) is 11.5 Å². The highest BCUT2D eigenvalue weighted by Gasteiger charge is 2.24. The van der Waals surface area contributed by atoms with E-state index < -0.39 is 12.0 Å². The number of aromatic hydroxyl groups is 1. The first-order valence-corrected chi connectivity index (χ1v) is 9.56. The minimum atomic E-state index is -0.562. The number of methoxy groups -OCH3 is 2. The number of aryl methyl sites for hydroxylation is 1. The van der Waals surface area contributed by atoms with Crippen molar-refractivity contribution in [2.75, 3.05) is 20.0 Å². The molecule has 0 radical (unpaired) electrons. The number of nitrogens with one attached hydrogen (secondary N) is 1. The molecule has 152 valence electrons. The Bertz CT molecular complexity index is 867. The van der Waals surface area contributed by atoms with E-state index in [1.807, 2.05) is 0 Å². The van der Waals surface area contributed by atoms with Crippen molar-refractivity contribution < 1.29 is 28.7 Å². The number of carbonyl (C=O) groups excluding carboxylic acids is 2. The molecule has 0 aliphatic heterocycles. The van der Waals surface area contributed by atoms with Crippen LogP contribution in [-0.2, 0) is 15.3 Å². The lowest BCUT2D eigenvalue weighted by Crippen LogP contribution is -2.28. The summed E-state index contributed by atoms with van der Waals surface area (Å²) in [6, 6.07) is 0.969. The fourth-order valence-corrected chi connectivity index (χ4v) is 3.76. The maximum Gasteiger partial charge on any atom is 0.338 e. The SMILES string of the molecule is COC(=O)c1c(C)c(OC)cc(O)c1CSCC(NC(C)=O)c1nc(C)no1. The zero-order valence-electron chi connectivity index (χ0n) is 16.4. The number of amides is 1. The Morgan fingerprint density at radius 1 is 1.36 bits per heavy atom. The van der Waals surface area contributed by atoms with Gasteiger partial charge in [-0.25, -0.2) is 4.79 Å². The van der Waals surface area contributed by atoms with Crippen LogP contribution in [0.15, 0.2) is 10.6 Å². The van der Waals surface area contributed by atoms with Crippen molar-refractivity contribution in [1.82, 2.24) is 15.5 Å². The van der Waals surface area contributed by atoms with E-state index in [9.17, 15) is 14.7 Å². The van der Waals surface area contributed by atoms with Gasteiger partial charge in [-0.3, -0.25) is 4.79 Å². The van der Waals surface area contributed by atoms with Gasteiger partial charge in [0, 0.05) is 35.6 Å². The summed E-state index contributed by atoms with van der Waals surface area (Å²) in [7, 11) is 2.74. The molecular formula is C18H23N3O6S. The van der Waals surface area contributed by atoms with Gasteiger partial charge < -0.3 is 24.4 Å². The quantitative estimate of drug-likeness (QED) is 0.632. The van der Waals surface area contributed by atoms with E-state index in [0.29, 0.717) is 40.1 Å². The highest BCUT2D eigenvalue weighted by atomic mass is 32.2. The van der Waals surface area contributed by atoms with Crippen molar-refractivity contribution in [3.63, 3.8) is 0 Å². The van der Waals surface area contributed by atoms with Crippen LogP contribution in [0, 0.1) is 13.8 Å². The summed E-state index contributed by atoms with van der Waals surface area (Å²) in [5.41, 5.74) is 1.27. The van der Waals surface area contributed by atoms with E-state index in [1.165, 1.54) is 39.0 Å². The number of thioether (sulfide) groups is 1. The number of esters is 1. The van der Waals surface area contributed by atoms with Gasteiger partial charge in [0.15, 0.2) is 5.82 Å². The molecular weight excluding hydrogens is 386 g/mol. The monoisotopic (exact) mass is 409 g/mol. The number of nitrogens with zero attached hydrogens (tertiary/aromatic N) is 2.